The Labute approximate surface area is 74.8 Å². The van der Waals surface area contributed by atoms with Gasteiger partial charge in [0.15, 0.2) is 5.84 Å². The average Bonchev–Trinajstić information content (AvgIpc) is 2.04. The zero-order chi connectivity index (χ0) is 9.84. The molecule has 70 valence electrons. The molecule has 0 radical (unpaired) electrons. The molecule has 0 aliphatic rings. The molecule has 0 unspecified atom stereocenters. The number of hydrazine groups is 1. The van der Waals surface area contributed by atoms with Crippen LogP contribution in [0.4, 0.5) is 11.6 Å². The minimum atomic E-state index is 0.160. The maximum atomic E-state index is 5.53. The summed E-state index contributed by atoms with van der Waals surface area (Å²) >= 11 is 0. The van der Waals surface area contributed by atoms with Crippen LogP contribution in [0.15, 0.2) is 17.2 Å². The van der Waals surface area contributed by atoms with Gasteiger partial charge in [-0.15, -0.1) is 5.10 Å². The summed E-state index contributed by atoms with van der Waals surface area (Å²) in [6.45, 7) is 0. The van der Waals surface area contributed by atoms with Crippen LogP contribution in [0, 0.1) is 0 Å². The molecule has 1 heterocycles. The van der Waals surface area contributed by atoms with Gasteiger partial charge in [-0.3, -0.25) is 0 Å². The summed E-state index contributed by atoms with van der Waals surface area (Å²) in [5, 5.41) is 3.55. The lowest BCUT2D eigenvalue weighted by atomic mass is 10.2. The van der Waals surface area contributed by atoms with E-state index in [9.17, 15) is 0 Å². The molecule has 1 aromatic rings. The van der Waals surface area contributed by atoms with Crippen LogP contribution < -0.4 is 28.6 Å². The highest BCUT2D eigenvalue weighted by Crippen LogP contribution is 2.09. The molecule has 0 aliphatic carbocycles. The first-order valence-electron chi connectivity index (χ1n) is 3.46. The van der Waals surface area contributed by atoms with Gasteiger partial charge in [0.2, 0.25) is 0 Å². The Morgan fingerprint density at radius 2 is 2.08 bits per heavy atom. The number of nitrogen functional groups attached to an aromatic ring is 2. The summed E-state index contributed by atoms with van der Waals surface area (Å²) in [6.07, 6.45) is 0. The fourth-order valence-corrected chi connectivity index (χ4v) is 0.837. The molecule has 0 saturated heterocycles. The van der Waals surface area contributed by atoms with Gasteiger partial charge in [-0.05, 0) is 12.1 Å². The maximum Gasteiger partial charge on any atom is 0.155 e. The normalized spacial score (nSPS) is 11.3. The highest BCUT2D eigenvalue weighted by molar-refractivity contribution is 6.01. The number of rotatable bonds is 2. The minimum Gasteiger partial charge on any atom is -0.384 e. The van der Waals surface area contributed by atoms with Crippen molar-refractivity contribution < 1.29 is 0 Å². The number of hydrogen-bond acceptors (Lipinski definition) is 6. The molecule has 0 saturated carbocycles. The molecule has 0 aliphatic heterocycles. The van der Waals surface area contributed by atoms with E-state index in [2.05, 4.69) is 15.6 Å². The molecular formula is C6H11N7. The van der Waals surface area contributed by atoms with Gasteiger partial charge in [0, 0.05) is 0 Å². The van der Waals surface area contributed by atoms with E-state index in [1.807, 2.05) is 0 Å². The van der Waals surface area contributed by atoms with E-state index in [1.54, 1.807) is 12.1 Å². The third kappa shape index (κ3) is 1.97. The van der Waals surface area contributed by atoms with Gasteiger partial charge in [-0.2, -0.15) is 0 Å². The predicted molar refractivity (Wildman–Crippen MR) is 51.1 cm³/mol. The van der Waals surface area contributed by atoms with Crippen LogP contribution in [0.2, 0.25) is 0 Å². The van der Waals surface area contributed by atoms with E-state index in [4.69, 9.17) is 23.0 Å². The second-order valence-electron chi connectivity index (χ2n) is 2.30. The van der Waals surface area contributed by atoms with Crippen molar-refractivity contribution in [1.29, 1.82) is 0 Å². The Hall–Kier alpha value is -2.02. The zero-order valence-corrected chi connectivity index (χ0v) is 6.86. The Kier molecular flexibility index (Phi) is 2.50. The first-order valence-corrected chi connectivity index (χ1v) is 3.46. The molecule has 0 atom stereocenters. The quantitative estimate of drug-likeness (QED) is 0.160. The lowest BCUT2D eigenvalue weighted by Crippen LogP contribution is -2.24. The summed E-state index contributed by atoms with van der Waals surface area (Å²) in [4.78, 5) is 3.80. The number of pyridine rings is 1. The molecule has 13 heavy (non-hydrogen) atoms. The van der Waals surface area contributed by atoms with Crippen LogP contribution in [0.3, 0.4) is 0 Å². The smallest absolute Gasteiger partial charge is 0.155 e. The van der Waals surface area contributed by atoms with Gasteiger partial charge < -0.3 is 17.2 Å². The number of hydrazone groups is 1. The monoisotopic (exact) mass is 181 g/mol. The third-order valence-corrected chi connectivity index (χ3v) is 1.41. The summed E-state index contributed by atoms with van der Waals surface area (Å²) in [5.74, 6) is 5.65. The Morgan fingerprint density at radius 3 is 2.62 bits per heavy atom. The van der Waals surface area contributed by atoms with Crippen LogP contribution in [0.5, 0.6) is 0 Å². The summed E-state index contributed by atoms with van der Waals surface area (Å²) in [7, 11) is 0. The first-order chi connectivity index (χ1) is 6.15. The van der Waals surface area contributed by atoms with Gasteiger partial charge in [0.25, 0.3) is 0 Å². The van der Waals surface area contributed by atoms with Crippen molar-refractivity contribution in [3.05, 3.63) is 17.7 Å². The number of hydrogen-bond donors (Lipinski definition) is 5. The molecule has 7 nitrogen and oxygen atoms in total. The van der Waals surface area contributed by atoms with E-state index < -0.39 is 0 Å². The number of nitrogens with zero attached hydrogens (tertiary/aromatic N) is 2. The van der Waals surface area contributed by atoms with E-state index >= 15 is 0 Å². The number of nitrogens with two attached hydrogens (primary N) is 4. The number of anilines is 2. The standard InChI is InChI=1S/C6H11N7/c7-4-2-1-3(5(8)11-4)6(9)12-13-10/h1-2,13H,10H2,(H2,9,12)(H4,7,8,11). The van der Waals surface area contributed by atoms with Crippen molar-refractivity contribution in [2.75, 3.05) is 11.5 Å². The van der Waals surface area contributed by atoms with Gasteiger partial charge in [-0.1, -0.05) is 0 Å². The van der Waals surface area contributed by atoms with Crippen LogP contribution in [0.25, 0.3) is 0 Å². The third-order valence-electron chi connectivity index (χ3n) is 1.41. The molecule has 0 bridgehead atoms. The Morgan fingerprint density at radius 1 is 1.38 bits per heavy atom. The second-order valence-corrected chi connectivity index (χ2v) is 2.30. The molecule has 0 spiro atoms. The van der Waals surface area contributed by atoms with E-state index in [0.717, 1.165) is 0 Å². The molecule has 9 N–H and O–H groups in total. The molecular weight excluding hydrogens is 170 g/mol. The molecule has 1 aromatic heterocycles. The molecule has 0 aromatic carbocycles. The van der Waals surface area contributed by atoms with Crippen LogP contribution in [-0.4, -0.2) is 10.8 Å². The van der Waals surface area contributed by atoms with Crippen LogP contribution in [0.1, 0.15) is 5.56 Å². The fraction of sp³-hybridized carbons (Fsp3) is 0. The van der Waals surface area contributed by atoms with Crippen LogP contribution in [-0.2, 0) is 0 Å². The lowest BCUT2D eigenvalue weighted by molar-refractivity contribution is 0.804. The summed E-state index contributed by atoms with van der Waals surface area (Å²) in [5.41, 5.74) is 19.0. The topological polar surface area (TPSA) is 141 Å². The molecule has 0 fully saturated rings. The van der Waals surface area contributed by atoms with E-state index in [0.29, 0.717) is 11.4 Å². The van der Waals surface area contributed by atoms with Crippen molar-refractivity contribution in [3.63, 3.8) is 0 Å². The number of nitrogens with one attached hydrogen (secondary N) is 1. The van der Waals surface area contributed by atoms with Crippen molar-refractivity contribution in [2.24, 2.45) is 16.7 Å². The van der Waals surface area contributed by atoms with Crippen molar-refractivity contribution in [2.45, 2.75) is 0 Å². The zero-order valence-electron chi connectivity index (χ0n) is 6.86. The minimum absolute atomic E-state index is 0.160. The Balaban J connectivity index is 3.09. The maximum absolute atomic E-state index is 5.53. The van der Waals surface area contributed by atoms with Crippen molar-refractivity contribution >= 4 is 17.5 Å². The average molecular weight is 181 g/mol. The van der Waals surface area contributed by atoms with Crippen molar-refractivity contribution in [1.82, 2.24) is 10.5 Å². The number of amidine groups is 1. The van der Waals surface area contributed by atoms with Gasteiger partial charge in [0.05, 0.1) is 5.56 Å². The van der Waals surface area contributed by atoms with Crippen molar-refractivity contribution in [3.8, 4) is 0 Å². The molecule has 1 rings (SSSR count). The number of aromatic nitrogens is 1. The Bertz CT molecular complexity index is 332. The lowest BCUT2D eigenvalue weighted by Gasteiger charge is -2.03. The SMILES string of the molecule is NN/N=C(\N)c1ccc(N)nc1N. The van der Waals surface area contributed by atoms with E-state index in [1.165, 1.54) is 0 Å². The second kappa shape index (κ2) is 3.59. The highest BCUT2D eigenvalue weighted by Gasteiger charge is 2.04. The first kappa shape index (κ1) is 9.07. The molecule has 0 amide bonds. The van der Waals surface area contributed by atoms with Gasteiger partial charge in [-0.25, -0.2) is 16.4 Å². The summed E-state index contributed by atoms with van der Waals surface area (Å²) in [6, 6.07) is 3.19. The largest absolute Gasteiger partial charge is 0.384 e. The summed E-state index contributed by atoms with van der Waals surface area (Å²) < 4.78 is 0. The van der Waals surface area contributed by atoms with Gasteiger partial charge >= 0.3 is 0 Å². The fourth-order valence-electron chi connectivity index (χ4n) is 0.837. The predicted octanol–water partition coefficient (Wildman–Crippen LogP) is -1.67. The highest BCUT2D eigenvalue weighted by atomic mass is 15.5. The van der Waals surface area contributed by atoms with Crippen LogP contribution >= 0.6 is 0 Å². The molecule has 7 heteroatoms. The van der Waals surface area contributed by atoms with E-state index in [-0.39, 0.29) is 11.7 Å². The van der Waals surface area contributed by atoms with Gasteiger partial charge in [0.1, 0.15) is 11.6 Å².